The van der Waals surface area contributed by atoms with Gasteiger partial charge in [-0.3, -0.25) is 0 Å². The summed E-state index contributed by atoms with van der Waals surface area (Å²) < 4.78 is 0. The van der Waals surface area contributed by atoms with E-state index >= 15 is 0 Å². The van der Waals surface area contributed by atoms with Gasteiger partial charge in [-0.2, -0.15) is 0 Å². The molecule has 0 saturated carbocycles. The van der Waals surface area contributed by atoms with Gasteiger partial charge < -0.3 is 0 Å². The van der Waals surface area contributed by atoms with Crippen molar-refractivity contribution in [3.8, 4) is 0 Å². The molecule has 0 aliphatic heterocycles. The molecule has 0 unspecified atom stereocenters. The quantitative estimate of drug-likeness (QED) is 0.0709. The van der Waals surface area contributed by atoms with Gasteiger partial charge in [-0.25, -0.2) is 0 Å². The zero-order valence-electron chi connectivity index (χ0n) is 70.7. The summed E-state index contributed by atoms with van der Waals surface area (Å²) in [7, 11) is 0. The smallest absolute Gasteiger partial charge is 0.0474 e. The molecule has 120 heavy (non-hydrogen) atoms. The molecule has 0 nitrogen and oxygen atoms in total. The van der Waals surface area contributed by atoms with Crippen LogP contribution in [0.3, 0.4) is 0 Å². The van der Waals surface area contributed by atoms with E-state index in [1.807, 2.05) is 177 Å². The summed E-state index contributed by atoms with van der Waals surface area (Å²) in [5, 5.41) is 5.90. The lowest BCUT2D eigenvalue weighted by Gasteiger charge is -2.01. The van der Waals surface area contributed by atoms with E-state index in [2.05, 4.69) is 369 Å². The zero-order valence-corrected chi connectivity index (χ0v) is 74.5. The predicted octanol–water partition coefficient (Wildman–Crippen LogP) is 35.9. The molecular weight excluding hydrogens is 1580 g/mol. The van der Waals surface area contributed by atoms with Gasteiger partial charge in [-0.1, -0.05) is 512 Å². The topological polar surface area (TPSA) is 0 Å². The first-order valence-corrected chi connectivity index (χ1v) is 42.3. The zero-order chi connectivity index (χ0) is 86.3. The molecule has 15 aromatic rings. The number of hydrogen-bond donors (Lipinski definition) is 0. The van der Waals surface area contributed by atoms with Gasteiger partial charge in [-0.15, -0.1) is 23.2 Å². The van der Waals surface area contributed by atoms with E-state index in [0.717, 1.165) is 44.0 Å². The lowest BCUT2D eigenvalue weighted by molar-refractivity contribution is 1.39. The SMILES string of the molecule is BrC=Cc1ccccc1.C(=C/c1ccccc1)/c1ccccc1.C(=Cc1ccc2ccccc2c1)c1ccccc1.C=C(C)c1ccc(C)cc1.C=C(C)c1ccc(CCl)cc1.C=C(C)c1ccc2ccccc2c1.C=Cc1ccc(CCl)cc1.C=Cc1ccc(Cl)cc1.CC(C)=Cc1ccccc1.Cc1ccc(/C=C/c2ccc(C)cc2)cc1. The summed E-state index contributed by atoms with van der Waals surface area (Å²) in [6.07, 6.45) is 20.6. The number of benzene rings is 15. The van der Waals surface area contributed by atoms with Crippen molar-refractivity contribution < 1.29 is 0 Å². The molecule has 0 radical (unpaired) electrons. The number of alkyl halides is 2. The Bertz CT molecular complexity index is 5510. The highest BCUT2D eigenvalue weighted by Crippen LogP contribution is 2.22. The van der Waals surface area contributed by atoms with E-state index in [1.54, 1.807) is 6.08 Å². The molecule has 0 spiro atoms. The van der Waals surface area contributed by atoms with Crippen LogP contribution in [0.1, 0.15) is 135 Å². The van der Waals surface area contributed by atoms with E-state index in [0.29, 0.717) is 11.8 Å². The predicted molar refractivity (Wildman–Crippen MR) is 545 cm³/mol. The Morgan fingerprint density at radius 3 is 0.867 bits per heavy atom. The first-order valence-electron chi connectivity index (χ1n) is 39.9. The number of hydrogen-bond acceptors (Lipinski definition) is 0. The van der Waals surface area contributed by atoms with E-state index in [1.165, 1.54) is 105 Å². The van der Waals surface area contributed by atoms with Gasteiger partial charge >= 0.3 is 0 Å². The van der Waals surface area contributed by atoms with E-state index < -0.39 is 0 Å². The van der Waals surface area contributed by atoms with Gasteiger partial charge in [0.1, 0.15) is 0 Å². The summed E-state index contributed by atoms with van der Waals surface area (Å²) in [6, 6.07) is 130. The fourth-order valence-corrected chi connectivity index (χ4v) is 11.8. The fraction of sp³-hybridized carbons (Fsp3) is 0.0862. The van der Waals surface area contributed by atoms with Crippen LogP contribution in [0.15, 0.2) is 426 Å². The van der Waals surface area contributed by atoms with Crippen LogP contribution in [0, 0.1) is 20.8 Å². The first-order chi connectivity index (χ1) is 58.2. The van der Waals surface area contributed by atoms with Gasteiger partial charge in [-0.05, 0) is 196 Å². The minimum absolute atomic E-state index is 0.580. The van der Waals surface area contributed by atoms with Crippen LogP contribution in [0.5, 0.6) is 0 Å². The highest BCUT2D eigenvalue weighted by Gasteiger charge is 1.99. The maximum Gasteiger partial charge on any atom is 0.0474 e. The lowest BCUT2D eigenvalue weighted by Crippen LogP contribution is -1.80. The average molecular weight is 1690 g/mol. The molecule has 0 atom stereocenters. The van der Waals surface area contributed by atoms with Crippen LogP contribution in [0.25, 0.3) is 99.0 Å². The Hall–Kier alpha value is -12.4. The Morgan fingerprint density at radius 2 is 0.525 bits per heavy atom. The molecule has 15 rings (SSSR count). The van der Waals surface area contributed by atoms with Crippen LogP contribution >= 0.6 is 50.7 Å². The highest BCUT2D eigenvalue weighted by atomic mass is 79.9. The van der Waals surface area contributed by atoms with Crippen molar-refractivity contribution in [2.45, 2.75) is 67.1 Å². The van der Waals surface area contributed by atoms with Gasteiger partial charge in [0.25, 0.3) is 0 Å². The highest BCUT2D eigenvalue weighted by molar-refractivity contribution is 9.11. The Kier molecular flexibility index (Phi) is 45.7. The molecule has 0 bridgehead atoms. The summed E-state index contributed by atoms with van der Waals surface area (Å²) >= 11 is 20.1. The average Bonchev–Trinajstić information content (AvgIpc) is 0.838. The van der Waals surface area contributed by atoms with Crippen molar-refractivity contribution in [1.82, 2.24) is 0 Å². The number of halogens is 4. The molecule has 0 aromatic heterocycles. The third-order valence-electron chi connectivity index (χ3n) is 17.9. The minimum Gasteiger partial charge on any atom is -0.122 e. The second kappa shape index (κ2) is 56.8. The molecule has 15 aromatic carbocycles. The maximum absolute atomic E-state index is 5.64. The maximum atomic E-state index is 5.64. The van der Waals surface area contributed by atoms with Gasteiger partial charge in [0.2, 0.25) is 0 Å². The number of fused-ring (bicyclic) bond motifs is 2. The molecule has 604 valence electrons. The van der Waals surface area contributed by atoms with Crippen LogP contribution in [0.2, 0.25) is 5.02 Å². The molecule has 0 aliphatic rings. The normalized spacial score (nSPS) is 10.1. The van der Waals surface area contributed by atoms with Gasteiger partial charge in [0.05, 0.1) is 0 Å². The third-order valence-corrected chi connectivity index (χ3v) is 19.0. The largest absolute Gasteiger partial charge is 0.122 e. The van der Waals surface area contributed by atoms with Gasteiger partial charge in [0, 0.05) is 16.8 Å². The Balaban J connectivity index is 0.000000209. The molecule has 0 aliphatic carbocycles. The van der Waals surface area contributed by atoms with Crippen LogP contribution in [-0.4, -0.2) is 0 Å². The monoisotopic (exact) mass is 1690 g/mol. The van der Waals surface area contributed by atoms with Gasteiger partial charge in [0.15, 0.2) is 0 Å². The van der Waals surface area contributed by atoms with Crippen molar-refractivity contribution in [3.63, 3.8) is 0 Å². The summed E-state index contributed by atoms with van der Waals surface area (Å²) in [6.45, 7) is 35.5. The molecule has 0 fully saturated rings. The van der Waals surface area contributed by atoms with E-state index in [-0.39, 0.29) is 0 Å². The lowest BCUT2D eigenvalue weighted by atomic mass is 10.0. The van der Waals surface area contributed by atoms with Crippen LogP contribution in [-0.2, 0) is 11.8 Å². The molecular formula is C116H112BrCl3. The van der Waals surface area contributed by atoms with Crippen molar-refractivity contribution in [2.24, 2.45) is 0 Å². The van der Waals surface area contributed by atoms with Crippen molar-refractivity contribution in [1.29, 1.82) is 0 Å². The van der Waals surface area contributed by atoms with Crippen molar-refractivity contribution >= 4 is 150 Å². The van der Waals surface area contributed by atoms with Crippen LogP contribution in [0.4, 0.5) is 0 Å². The Labute approximate surface area is 741 Å². The van der Waals surface area contributed by atoms with E-state index in [9.17, 15) is 0 Å². The molecule has 0 N–H and O–H groups in total. The van der Waals surface area contributed by atoms with Crippen molar-refractivity contribution in [2.75, 3.05) is 0 Å². The number of rotatable bonds is 15. The second-order valence-electron chi connectivity index (χ2n) is 28.4. The summed E-state index contributed by atoms with van der Waals surface area (Å²) in [5.74, 6) is 1.16. The van der Waals surface area contributed by atoms with Crippen LogP contribution < -0.4 is 0 Å². The number of aryl methyl sites for hydroxylation is 3. The molecule has 0 heterocycles. The molecule has 0 saturated heterocycles. The summed E-state index contributed by atoms with van der Waals surface area (Å²) in [5.41, 5.74) is 26.6. The first kappa shape index (κ1) is 96.4. The third kappa shape index (κ3) is 40.1. The fourth-order valence-electron chi connectivity index (χ4n) is 11.0. The second-order valence-corrected chi connectivity index (χ2v) is 29.9. The minimum atomic E-state index is 0.580. The van der Waals surface area contributed by atoms with Crippen molar-refractivity contribution in [3.05, 3.63) is 531 Å². The molecule has 4 heteroatoms. The number of allylic oxidation sites excluding steroid dienone is 4. The van der Waals surface area contributed by atoms with E-state index in [4.69, 9.17) is 34.8 Å². The summed E-state index contributed by atoms with van der Waals surface area (Å²) in [4.78, 5) is 1.85. The Morgan fingerprint density at radius 1 is 0.267 bits per heavy atom. The molecule has 0 amide bonds. The standard InChI is InChI=1S/C18H14.C16H16.C14H12.C13H12.C10H11Cl.2C10H12.C9H9Cl.C8H7Br.C8H7Cl/c1-2-6-15(7-3-1)10-11-16-12-13-17-8-4-5-9-18(17)14-16;1-13-3-7-15(8-4-13)11-12-16-9-5-14(2)6-10-16;1-3-7-13(8-4-1)11-12-14-9-5-2-6-10-14;1-10(2)12-8-7-11-5-3-4-6-13(11)9-12;1-8(2)10-5-3-9(7-11)4-6-10;1-8(2)10-6-4-9(3)5-7-10;1-9(2)8-10-6-4-3-5-7-10;1-2-8-3-5-9(7-10)6-4-8;9-7-6-8-4-2-1-3-5-8;1-2-7-3-5-8(9)6-4-7/h1-14H;3-12H,1-2H3;1-12H;3-9H,1H2,2H3;3-6H,1,7H2,2H3;4-7H,1H2,2-3H3;3-8H,1-2H3;2-6H,1,7H2;1-7H;2-6H,1H2/b;12-11+;12-11-;;;;;;;.